The van der Waals surface area contributed by atoms with Crippen molar-refractivity contribution in [2.24, 2.45) is 23.2 Å². The molecule has 5 atom stereocenters. The van der Waals surface area contributed by atoms with Crippen molar-refractivity contribution >= 4 is 39.4 Å². The lowest BCUT2D eigenvalue weighted by Crippen LogP contribution is -2.63. The summed E-state index contributed by atoms with van der Waals surface area (Å²) in [5.41, 5.74) is -1.15. The van der Waals surface area contributed by atoms with E-state index in [2.05, 4.69) is 41.0 Å². The van der Waals surface area contributed by atoms with Gasteiger partial charge in [-0.1, -0.05) is 59.3 Å². The van der Waals surface area contributed by atoms with Crippen LogP contribution in [0.3, 0.4) is 0 Å². The van der Waals surface area contributed by atoms with Crippen molar-refractivity contribution in [3.05, 3.63) is 0 Å². The lowest BCUT2D eigenvalue weighted by atomic mass is 9.82. The van der Waals surface area contributed by atoms with E-state index in [0.29, 0.717) is 25.8 Å². The van der Waals surface area contributed by atoms with Crippen molar-refractivity contribution in [1.82, 2.24) is 26.2 Å². The van der Waals surface area contributed by atoms with Crippen LogP contribution in [0.25, 0.3) is 0 Å². The topological polar surface area (TPSA) is 171 Å². The highest BCUT2D eigenvalue weighted by Gasteiger charge is 2.70. The molecule has 290 valence electrons. The molecule has 4 aliphatic carbocycles. The van der Waals surface area contributed by atoms with Gasteiger partial charge < -0.3 is 26.2 Å². The minimum absolute atomic E-state index is 0.0293. The van der Waals surface area contributed by atoms with Crippen molar-refractivity contribution in [2.75, 3.05) is 12.3 Å². The zero-order valence-electron chi connectivity index (χ0n) is 31.9. The van der Waals surface area contributed by atoms with Gasteiger partial charge in [-0.2, -0.15) is 0 Å². The molecule has 0 aromatic carbocycles. The van der Waals surface area contributed by atoms with Crippen molar-refractivity contribution in [1.29, 1.82) is 0 Å². The maximum Gasteiger partial charge on any atom is 0.315 e. The first-order valence-electron chi connectivity index (χ1n) is 19.7. The molecule has 0 spiro atoms. The number of nitrogens with zero attached hydrogens (tertiary/aromatic N) is 1. The smallest absolute Gasteiger partial charge is 0.315 e. The van der Waals surface area contributed by atoms with Crippen LogP contribution in [-0.2, 0) is 29.0 Å². The van der Waals surface area contributed by atoms with Crippen LogP contribution < -0.4 is 21.3 Å². The fourth-order valence-electron chi connectivity index (χ4n) is 8.97. The third-order valence-electron chi connectivity index (χ3n) is 13.1. The van der Waals surface area contributed by atoms with E-state index in [9.17, 15) is 32.4 Å². The normalized spacial score (nSPS) is 26.5. The van der Waals surface area contributed by atoms with E-state index in [1.54, 1.807) is 18.7 Å². The van der Waals surface area contributed by atoms with Gasteiger partial charge in [0, 0.05) is 19.0 Å². The molecule has 1 saturated heterocycles. The molecule has 0 aromatic rings. The Morgan fingerprint density at radius 2 is 1.58 bits per heavy atom. The molecule has 5 rings (SSSR count). The Morgan fingerprint density at radius 3 is 2.17 bits per heavy atom. The van der Waals surface area contributed by atoms with Crippen molar-refractivity contribution in [2.45, 2.75) is 165 Å². The summed E-state index contributed by atoms with van der Waals surface area (Å²) in [6, 6.07) is -3.52. The molecular formula is C39H61N5O7S. The van der Waals surface area contributed by atoms with Gasteiger partial charge in [0.2, 0.25) is 17.6 Å². The summed E-state index contributed by atoms with van der Waals surface area (Å²) in [7, 11) is -3.57. The standard InChI is InChI=1S/C39H61N5O7S/c1-7-9-18-28(32(45)34(47)40-26-19-20-26)41-33(46)31-29-27(38(29,5)6)23-44(31)35(48)30(25-16-12-10-13-17-25)42-36(49)43-39(21-14-11-15-22-39)24-52(50,51)37(3,4)8-2/h1,25-31H,8-24H2,2-6H3,(H,40,47)(H,41,46)(H2,42,43,49)/t27?,28?,29?,30-,31-/m0/s1. The van der Waals surface area contributed by atoms with Crippen LogP contribution in [0.4, 0.5) is 4.79 Å². The Balaban J connectivity index is 1.37. The Hall–Kier alpha value is -3.14. The van der Waals surface area contributed by atoms with E-state index in [0.717, 1.165) is 64.2 Å². The first-order valence-corrected chi connectivity index (χ1v) is 21.3. The predicted molar refractivity (Wildman–Crippen MR) is 198 cm³/mol. The van der Waals surface area contributed by atoms with Gasteiger partial charge in [0.05, 0.1) is 22.1 Å². The first kappa shape index (κ1) is 40.1. The van der Waals surface area contributed by atoms with Crippen LogP contribution in [0.15, 0.2) is 0 Å². The average molecular weight is 744 g/mol. The maximum absolute atomic E-state index is 14.7. The third-order valence-corrected chi connectivity index (χ3v) is 16.0. The summed E-state index contributed by atoms with van der Waals surface area (Å²) >= 11 is 0. The lowest BCUT2D eigenvalue weighted by Gasteiger charge is -2.41. The monoisotopic (exact) mass is 743 g/mol. The number of sulfone groups is 1. The van der Waals surface area contributed by atoms with Gasteiger partial charge >= 0.3 is 6.03 Å². The molecule has 0 aromatic heterocycles. The number of likely N-dealkylation sites (tertiary alicyclic amines) is 1. The zero-order chi connectivity index (χ0) is 38.1. The van der Waals surface area contributed by atoms with Crippen LogP contribution in [-0.4, -0.2) is 89.6 Å². The molecule has 4 saturated carbocycles. The molecule has 3 unspecified atom stereocenters. The molecule has 5 fully saturated rings. The number of Topliss-reactive ketones (excluding diaryl/α,β-unsaturated/α-hetero) is 1. The molecular weight excluding hydrogens is 683 g/mol. The second-order valence-corrected chi connectivity index (χ2v) is 20.1. The highest BCUT2D eigenvalue weighted by atomic mass is 32.2. The molecule has 0 radical (unpaired) electrons. The van der Waals surface area contributed by atoms with E-state index < -0.39 is 61.9 Å². The number of terminal acetylenes is 1. The highest BCUT2D eigenvalue weighted by Crippen LogP contribution is 2.65. The van der Waals surface area contributed by atoms with Crippen molar-refractivity contribution in [3.63, 3.8) is 0 Å². The maximum atomic E-state index is 14.7. The number of rotatable bonds is 15. The number of urea groups is 1. The first-order chi connectivity index (χ1) is 24.5. The van der Waals surface area contributed by atoms with E-state index >= 15 is 0 Å². The predicted octanol–water partition coefficient (Wildman–Crippen LogP) is 3.77. The van der Waals surface area contributed by atoms with Gasteiger partial charge in [-0.05, 0) is 88.4 Å². The number of hydrogen-bond acceptors (Lipinski definition) is 7. The number of nitrogens with one attached hydrogen (secondary N) is 4. The van der Waals surface area contributed by atoms with Crippen molar-refractivity contribution < 1.29 is 32.4 Å². The molecule has 4 N–H and O–H groups in total. The van der Waals surface area contributed by atoms with E-state index in [4.69, 9.17) is 6.42 Å². The van der Waals surface area contributed by atoms with E-state index in [1.165, 1.54) is 0 Å². The van der Waals surface area contributed by atoms with Crippen LogP contribution in [0.5, 0.6) is 0 Å². The zero-order valence-corrected chi connectivity index (χ0v) is 32.7. The number of amides is 5. The number of hydrogen-bond donors (Lipinski definition) is 4. The number of carbonyl (C=O) groups is 5. The molecule has 1 aliphatic heterocycles. The SMILES string of the molecule is C#CCCC(NC(=O)[C@@H]1C2C(CN1C(=O)[C@@H](NC(=O)NC1(CS(=O)(=O)C(C)(C)CC)CCCCC1)C1CCCCC1)C2(C)C)C(=O)C(=O)NC1CC1. The Morgan fingerprint density at radius 1 is 0.942 bits per heavy atom. The second-order valence-electron chi connectivity index (χ2n) is 17.5. The molecule has 5 amide bonds. The van der Waals surface area contributed by atoms with E-state index in [1.807, 2.05) is 6.92 Å². The fraction of sp³-hybridized carbons (Fsp3) is 0.821. The number of fused-ring (bicyclic) bond motifs is 1. The summed E-state index contributed by atoms with van der Waals surface area (Å²) in [5.74, 6) is -0.270. The van der Waals surface area contributed by atoms with Gasteiger partial charge in [-0.3, -0.25) is 19.2 Å². The summed E-state index contributed by atoms with van der Waals surface area (Å²) < 4.78 is 26.3. The average Bonchev–Trinajstić information content (AvgIpc) is 3.96. The highest BCUT2D eigenvalue weighted by molar-refractivity contribution is 7.92. The van der Waals surface area contributed by atoms with Gasteiger partial charge in [-0.25, -0.2) is 13.2 Å². The summed E-state index contributed by atoms with van der Waals surface area (Å²) in [6.07, 6.45) is 15.8. The quantitative estimate of drug-likeness (QED) is 0.146. The molecule has 1 heterocycles. The fourth-order valence-corrected chi connectivity index (χ4v) is 10.9. The minimum Gasteiger partial charge on any atom is -0.347 e. The Bertz CT molecular complexity index is 1540. The van der Waals surface area contributed by atoms with Gasteiger partial charge in [0.15, 0.2) is 9.84 Å². The van der Waals surface area contributed by atoms with Gasteiger partial charge in [-0.15, -0.1) is 12.3 Å². The van der Waals surface area contributed by atoms with Crippen LogP contribution in [0.1, 0.15) is 131 Å². The summed E-state index contributed by atoms with van der Waals surface area (Å²) in [4.78, 5) is 70.4. The number of carbonyl (C=O) groups excluding carboxylic acids is 5. The molecule has 52 heavy (non-hydrogen) atoms. The van der Waals surface area contributed by atoms with Gasteiger partial charge in [0.25, 0.3) is 5.91 Å². The van der Waals surface area contributed by atoms with E-state index in [-0.39, 0.29) is 53.7 Å². The van der Waals surface area contributed by atoms with Gasteiger partial charge in [0.1, 0.15) is 12.1 Å². The number of ketones is 1. The minimum atomic E-state index is -3.57. The molecule has 0 bridgehead atoms. The second kappa shape index (κ2) is 15.7. The Labute approximate surface area is 310 Å². The van der Waals surface area contributed by atoms with Crippen LogP contribution in [0.2, 0.25) is 0 Å². The number of piperidine rings is 1. The lowest BCUT2D eigenvalue weighted by molar-refractivity contribution is -0.144. The molecule has 5 aliphatic rings. The summed E-state index contributed by atoms with van der Waals surface area (Å²) in [6.45, 7) is 9.76. The summed E-state index contributed by atoms with van der Waals surface area (Å²) in [5, 5.41) is 11.6. The van der Waals surface area contributed by atoms with Crippen LogP contribution in [0, 0.1) is 35.5 Å². The van der Waals surface area contributed by atoms with Crippen molar-refractivity contribution in [3.8, 4) is 12.3 Å². The van der Waals surface area contributed by atoms with Crippen LogP contribution >= 0.6 is 0 Å². The molecule has 13 heteroatoms. The molecule has 12 nitrogen and oxygen atoms in total. The third kappa shape index (κ3) is 8.63. The Kier molecular flexibility index (Phi) is 12.1. The largest absolute Gasteiger partial charge is 0.347 e.